The molecule has 0 fully saturated rings. The molecule has 0 spiro atoms. The Bertz CT molecular complexity index is 1120. The van der Waals surface area contributed by atoms with Gasteiger partial charge in [-0.3, -0.25) is 4.79 Å². The molecule has 5 heteroatoms. The van der Waals surface area contributed by atoms with Crippen molar-refractivity contribution < 1.29 is 9.21 Å². The zero-order valence-corrected chi connectivity index (χ0v) is 16.2. The van der Waals surface area contributed by atoms with Crippen molar-refractivity contribution in [3.63, 3.8) is 0 Å². The van der Waals surface area contributed by atoms with Crippen LogP contribution in [0, 0.1) is 0 Å². The molecular formula is C23H15Cl2NO2. The number of carbonyl (C=O) groups excluding carboxylic acids is 1. The molecule has 1 heterocycles. The summed E-state index contributed by atoms with van der Waals surface area (Å²) in [6, 6.07) is 26.1. The summed E-state index contributed by atoms with van der Waals surface area (Å²) in [7, 11) is 0. The van der Waals surface area contributed by atoms with Gasteiger partial charge in [0.15, 0.2) is 5.76 Å². The van der Waals surface area contributed by atoms with Crippen molar-refractivity contribution in [2.75, 3.05) is 5.32 Å². The number of anilines is 1. The van der Waals surface area contributed by atoms with Crippen LogP contribution in [0.3, 0.4) is 0 Å². The van der Waals surface area contributed by atoms with Crippen LogP contribution in [0.1, 0.15) is 10.6 Å². The molecule has 0 saturated carbocycles. The zero-order chi connectivity index (χ0) is 19.5. The van der Waals surface area contributed by atoms with Crippen LogP contribution in [0.15, 0.2) is 89.3 Å². The molecule has 138 valence electrons. The van der Waals surface area contributed by atoms with Gasteiger partial charge in [0, 0.05) is 16.3 Å². The average Bonchev–Trinajstić information content (AvgIpc) is 3.19. The number of halogens is 2. The van der Waals surface area contributed by atoms with Gasteiger partial charge < -0.3 is 9.73 Å². The first-order valence-electron chi connectivity index (χ1n) is 8.62. The number of nitrogens with one attached hydrogen (secondary N) is 1. The quantitative estimate of drug-likeness (QED) is 0.389. The lowest BCUT2D eigenvalue weighted by molar-refractivity contribution is 0.0997. The van der Waals surface area contributed by atoms with E-state index in [0.717, 1.165) is 11.1 Å². The monoisotopic (exact) mass is 407 g/mol. The van der Waals surface area contributed by atoms with Gasteiger partial charge in [0.2, 0.25) is 0 Å². The van der Waals surface area contributed by atoms with E-state index in [1.54, 1.807) is 30.3 Å². The van der Waals surface area contributed by atoms with Crippen molar-refractivity contribution in [3.05, 3.63) is 101 Å². The number of hydrogen-bond donors (Lipinski definition) is 1. The van der Waals surface area contributed by atoms with Crippen molar-refractivity contribution in [1.82, 2.24) is 0 Å². The fourth-order valence-electron chi connectivity index (χ4n) is 2.86. The van der Waals surface area contributed by atoms with Gasteiger partial charge in [0.1, 0.15) is 5.76 Å². The van der Waals surface area contributed by atoms with E-state index in [1.807, 2.05) is 54.6 Å². The SMILES string of the molecule is O=C(Nc1ccc(-c2ccccc2)cc1)c1ccc(-c2ccc(Cl)cc2Cl)o1. The van der Waals surface area contributed by atoms with Crippen LogP contribution in [-0.4, -0.2) is 5.91 Å². The molecule has 0 aliphatic carbocycles. The maximum absolute atomic E-state index is 12.5. The summed E-state index contributed by atoms with van der Waals surface area (Å²) in [4.78, 5) is 12.5. The molecule has 3 aromatic carbocycles. The van der Waals surface area contributed by atoms with E-state index in [9.17, 15) is 4.79 Å². The Balaban J connectivity index is 1.49. The molecule has 3 nitrogen and oxygen atoms in total. The molecular weight excluding hydrogens is 393 g/mol. The molecule has 0 unspecified atom stereocenters. The fraction of sp³-hybridized carbons (Fsp3) is 0. The Kier molecular flexibility index (Phi) is 5.20. The standard InChI is InChI=1S/C23H15Cl2NO2/c24-17-8-11-19(20(25)14-17)21-12-13-22(28-21)23(27)26-18-9-6-16(7-10-18)15-4-2-1-3-5-15/h1-14H,(H,26,27). The highest BCUT2D eigenvalue weighted by Crippen LogP contribution is 2.31. The summed E-state index contributed by atoms with van der Waals surface area (Å²) in [6.07, 6.45) is 0. The summed E-state index contributed by atoms with van der Waals surface area (Å²) < 4.78 is 5.68. The van der Waals surface area contributed by atoms with E-state index >= 15 is 0 Å². The molecule has 0 bridgehead atoms. The Labute approximate surface area is 172 Å². The molecule has 0 radical (unpaired) electrons. The maximum atomic E-state index is 12.5. The van der Waals surface area contributed by atoms with Gasteiger partial charge >= 0.3 is 0 Å². The van der Waals surface area contributed by atoms with Crippen molar-refractivity contribution in [2.45, 2.75) is 0 Å². The number of rotatable bonds is 4. The highest BCUT2D eigenvalue weighted by Gasteiger charge is 2.14. The molecule has 0 aliphatic rings. The second-order valence-electron chi connectivity index (χ2n) is 6.19. The second-order valence-corrected chi connectivity index (χ2v) is 7.03. The van der Waals surface area contributed by atoms with Crippen LogP contribution in [0.2, 0.25) is 10.0 Å². The van der Waals surface area contributed by atoms with E-state index in [4.69, 9.17) is 27.6 Å². The van der Waals surface area contributed by atoms with Gasteiger partial charge in [-0.25, -0.2) is 0 Å². The summed E-state index contributed by atoms with van der Waals surface area (Å²) in [5.41, 5.74) is 3.57. The summed E-state index contributed by atoms with van der Waals surface area (Å²) in [5.74, 6) is 0.378. The third kappa shape index (κ3) is 3.96. The predicted molar refractivity (Wildman–Crippen MR) is 114 cm³/mol. The summed E-state index contributed by atoms with van der Waals surface area (Å²) in [6.45, 7) is 0. The van der Waals surface area contributed by atoms with Crippen LogP contribution in [0.4, 0.5) is 5.69 Å². The number of furan rings is 1. The van der Waals surface area contributed by atoms with Crippen LogP contribution < -0.4 is 5.32 Å². The third-order valence-electron chi connectivity index (χ3n) is 4.28. The van der Waals surface area contributed by atoms with E-state index in [-0.39, 0.29) is 11.7 Å². The van der Waals surface area contributed by atoms with Crippen molar-refractivity contribution in [1.29, 1.82) is 0 Å². The second kappa shape index (κ2) is 7.93. The molecule has 0 atom stereocenters. The lowest BCUT2D eigenvalue weighted by Crippen LogP contribution is -2.10. The minimum Gasteiger partial charge on any atom is -0.451 e. The first-order chi connectivity index (χ1) is 13.6. The van der Waals surface area contributed by atoms with Gasteiger partial charge in [0.25, 0.3) is 5.91 Å². The highest BCUT2D eigenvalue weighted by molar-refractivity contribution is 6.36. The minimum absolute atomic E-state index is 0.202. The van der Waals surface area contributed by atoms with Gasteiger partial charge in [-0.1, -0.05) is 65.7 Å². The Hall–Kier alpha value is -3.01. The topological polar surface area (TPSA) is 42.2 Å². The van der Waals surface area contributed by atoms with Crippen LogP contribution in [-0.2, 0) is 0 Å². The highest BCUT2D eigenvalue weighted by atomic mass is 35.5. The van der Waals surface area contributed by atoms with Gasteiger partial charge in [0.05, 0.1) is 5.02 Å². The van der Waals surface area contributed by atoms with Gasteiger partial charge in [-0.05, 0) is 53.6 Å². The van der Waals surface area contributed by atoms with Crippen LogP contribution >= 0.6 is 23.2 Å². The van der Waals surface area contributed by atoms with E-state index in [0.29, 0.717) is 27.1 Å². The summed E-state index contributed by atoms with van der Waals surface area (Å²) >= 11 is 12.1. The Morgan fingerprint density at radius 2 is 1.50 bits per heavy atom. The van der Waals surface area contributed by atoms with Crippen molar-refractivity contribution >= 4 is 34.8 Å². The average molecular weight is 408 g/mol. The van der Waals surface area contributed by atoms with Crippen LogP contribution in [0.25, 0.3) is 22.5 Å². The predicted octanol–water partition coefficient (Wildman–Crippen LogP) is 7.17. The molecule has 1 amide bonds. The molecule has 1 N–H and O–H groups in total. The normalized spacial score (nSPS) is 10.6. The molecule has 0 saturated heterocycles. The van der Waals surface area contributed by atoms with Crippen molar-refractivity contribution in [2.24, 2.45) is 0 Å². The third-order valence-corrected chi connectivity index (χ3v) is 4.82. The first kappa shape index (κ1) is 18.4. The summed E-state index contributed by atoms with van der Waals surface area (Å²) in [5, 5.41) is 3.84. The molecule has 4 rings (SSSR count). The van der Waals surface area contributed by atoms with E-state index in [1.165, 1.54) is 0 Å². The number of carbonyl (C=O) groups is 1. The Morgan fingerprint density at radius 3 is 2.21 bits per heavy atom. The van der Waals surface area contributed by atoms with Gasteiger partial charge in [-0.15, -0.1) is 0 Å². The zero-order valence-electron chi connectivity index (χ0n) is 14.7. The molecule has 1 aromatic heterocycles. The largest absolute Gasteiger partial charge is 0.451 e. The van der Waals surface area contributed by atoms with Gasteiger partial charge in [-0.2, -0.15) is 0 Å². The smallest absolute Gasteiger partial charge is 0.291 e. The number of benzene rings is 3. The number of amides is 1. The maximum Gasteiger partial charge on any atom is 0.291 e. The van der Waals surface area contributed by atoms with Crippen molar-refractivity contribution in [3.8, 4) is 22.5 Å². The van der Waals surface area contributed by atoms with E-state index in [2.05, 4.69) is 5.32 Å². The molecule has 0 aliphatic heterocycles. The van der Waals surface area contributed by atoms with Crippen LogP contribution in [0.5, 0.6) is 0 Å². The molecule has 4 aromatic rings. The molecule has 28 heavy (non-hydrogen) atoms. The lowest BCUT2D eigenvalue weighted by atomic mass is 10.1. The Morgan fingerprint density at radius 1 is 0.786 bits per heavy atom. The first-order valence-corrected chi connectivity index (χ1v) is 9.38. The van der Waals surface area contributed by atoms with E-state index < -0.39 is 0 Å². The minimum atomic E-state index is -0.330. The number of hydrogen-bond acceptors (Lipinski definition) is 2. The fourth-order valence-corrected chi connectivity index (χ4v) is 3.36. The lowest BCUT2D eigenvalue weighted by Gasteiger charge is -2.06.